The topological polar surface area (TPSA) is 60.9 Å². The number of nitrogens with zero attached hydrogens (tertiary/aromatic N) is 2. The number of benzene rings is 1. The Hall–Kier alpha value is -2.44. The lowest BCUT2D eigenvalue weighted by atomic mass is 9.95. The molecule has 27 heavy (non-hydrogen) atoms. The van der Waals surface area contributed by atoms with Crippen LogP contribution < -0.4 is 0 Å². The second-order valence-electron chi connectivity index (χ2n) is 6.41. The zero-order valence-electron chi connectivity index (χ0n) is 15.6. The van der Waals surface area contributed by atoms with E-state index in [1.54, 1.807) is 17.0 Å². The number of hydrogen-bond acceptors (Lipinski definition) is 5. The molecule has 1 aliphatic rings. The molecule has 0 spiro atoms. The van der Waals surface area contributed by atoms with E-state index in [9.17, 15) is 14.7 Å². The zero-order chi connectivity index (χ0) is 19.4. The molecular formula is C21H24N2O3S. The van der Waals surface area contributed by atoms with Gasteiger partial charge in [0.2, 0.25) is 5.78 Å². The van der Waals surface area contributed by atoms with Gasteiger partial charge < -0.3 is 14.9 Å². The number of carbonyl (C=O) groups excluding carboxylic acids is 2. The molecule has 1 aromatic carbocycles. The van der Waals surface area contributed by atoms with Gasteiger partial charge in [0.25, 0.3) is 5.91 Å². The summed E-state index contributed by atoms with van der Waals surface area (Å²) in [4.78, 5) is 30.2. The first-order valence-corrected chi connectivity index (χ1v) is 10.1. The Morgan fingerprint density at radius 2 is 1.85 bits per heavy atom. The molecule has 1 atom stereocenters. The van der Waals surface area contributed by atoms with Gasteiger partial charge in [-0.2, -0.15) is 0 Å². The van der Waals surface area contributed by atoms with Gasteiger partial charge in [0.05, 0.1) is 16.5 Å². The summed E-state index contributed by atoms with van der Waals surface area (Å²) in [6.07, 6.45) is 0. The number of carbonyl (C=O) groups is 2. The summed E-state index contributed by atoms with van der Waals surface area (Å²) in [6.45, 7) is 7.06. The summed E-state index contributed by atoms with van der Waals surface area (Å²) < 4.78 is 0. The Morgan fingerprint density at radius 3 is 2.44 bits per heavy atom. The average Bonchev–Trinajstić information content (AvgIpc) is 3.31. The van der Waals surface area contributed by atoms with Crippen LogP contribution in [0.3, 0.4) is 0 Å². The maximum atomic E-state index is 13.0. The number of thiophene rings is 1. The van der Waals surface area contributed by atoms with Gasteiger partial charge in [0.15, 0.2) is 5.76 Å². The van der Waals surface area contributed by atoms with Crippen LogP contribution in [0.5, 0.6) is 0 Å². The number of Topliss-reactive ketones (excluding diaryl/α,β-unsaturated/α-hetero) is 1. The van der Waals surface area contributed by atoms with Crippen molar-refractivity contribution in [2.45, 2.75) is 19.9 Å². The molecule has 3 rings (SSSR count). The molecule has 0 bridgehead atoms. The molecule has 0 aliphatic carbocycles. The van der Waals surface area contributed by atoms with Crippen LogP contribution in [0.15, 0.2) is 59.2 Å². The van der Waals surface area contributed by atoms with E-state index >= 15 is 0 Å². The summed E-state index contributed by atoms with van der Waals surface area (Å²) in [7, 11) is 0. The summed E-state index contributed by atoms with van der Waals surface area (Å²) in [5, 5.41) is 12.4. The van der Waals surface area contributed by atoms with Gasteiger partial charge in [0.1, 0.15) is 0 Å². The van der Waals surface area contributed by atoms with Crippen molar-refractivity contribution in [2.24, 2.45) is 0 Å². The van der Waals surface area contributed by atoms with Crippen LogP contribution in [0, 0.1) is 0 Å². The van der Waals surface area contributed by atoms with Crippen molar-refractivity contribution in [3.05, 3.63) is 69.6 Å². The molecule has 2 aromatic rings. The number of aliphatic hydroxyl groups excluding tert-OH is 1. The lowest BCUT2D eigenvalue weighted by Gasteiger charge is -2.29. The molecule has 0 fully saturated rings. The molecular weight excluding hydrogens is 360 g/mol. The van der Waals surface area contributed by atoms with Crippen LogP contribution in [-0.4, -0.2) is 52.8 Å². The Balaban J connectivity index is 1.98. The average molecular weight is 385 g/mol. The van der Waals surface area contributed by atoms with Gasteiger partial charge in [-0.15, -0.1) is 11.3 Å². The molecule has 5 nitrogen and oxygen atoms in total. The van der Waals surface area contributed by atoms with E-state index in [0.717, 1.165) is 18.7 Å². The van der Waals surface area contributed by atoms with Gasteiger partial charge in [-0.1, -0.05) is 50.2 Å². The van der Waals surface area contributed by atoms with Crippen LogP contribution in [0.25, 0.3) is 0 Å². The monoisotopic (exact) mass is 384 g/mol. The van der Waals surface area contributed by atoms with Crippen molar-refractivity contribution in [3.63, 3.8) is 0 Å². The first-order valence-electron chi connectivity index (χ1n) is 9.18. The number of aliphatic hydroxyl groups is 1. The minimum Gasteiger partial charge on any atom is -0.503 e. The van der Waals surface area contributed by atoms with Crippen LogP contribution >= 0.6 is 11.3 Å². The number of ketones is 1. The van der Waals surface area contributed by atoms with E-state index in [-0.39, 0.29) is 11.4 Å². The van der Waals surface area contributed by atoms with Crippen molar-refractivity contribution in [2.75, 3.05) is 26.2 Å². The predicted octanol–water partition coefficient (Wildman–Crippen LogP) is 3.67. The number of hydrogen-bond donors (Lipinski definition) is 1. The fraction of sp³-hybridized carbons (Fsp3) is 0.333. The Bertz CT molecular complexity index is 826. The molecule has 0 saturated carbocycles. The molecule has 1 aliphatic heterocycles. The van der Waals surface area contributed by atoms with E-state index < -0.39 is 17.7 Å². The molecule has 2 heterocycles. The van der Waals surface area contributed by atoms with Crippen LogP contribution in [0.2, 0.25) is 0 Å². The number of amides is 1. The molecule has 0 radical (unpaired) electrons. The largest absolute Gasteiger partial charge is 0.503 e. The second-order valence-corrected chi connectivity index (χ2v) is 7.36. The highest BCUT2D eigenvalue weighted by Crippen LogP contribution is 2.39. The van der Waals surface area contributed by atoms with Gasteiger partial charge >= 0.3 is 0 Å². The highest BCUT2D eigenvalue weighted by Gasteiger charge is 2.43. The summed E-state index contributed by atoms with van der Waals surface area (Å²) >= 11 is 1.31. The molecule has 1 amide bonds. The van der Waals surface area contributed by atoms with E-state index in [4.69, 9.17) is 0 Å². The quantitative estimate of drug-likeness (QED) is 0.706. The van der Waals surface area contributed by atoms with Crippen molar-refractivity contribution in [1.29, 1.82) is 0 Å². The molecule has 1 unspecified atom stereocenters. The zero-order valence-corrected chi connectivity index (χ0v) is 16.4. The third kappa shape index (κ3) is 3.82. The fourth-order valence-corrected chi connectivity index (χ4v) is 4.11. The lowest BCUT2D eigenvalue weighted by Crippen LogP contribution is -2.38. The van der Waals surface area contributed by atoms with E-state index in [1.807, 2.05) is 35.7 Å². The van der Waals surface area contributed by atoms with Gasteiger partial charge in [0, 0.05) is 13.1 Å². The standard InChI is InChI=1S/C21H24N2O3S/c1-3-22(4-2)12-13-23-18(15-9-6-5-7-10-15)17(20(25)21(23)26)19(24)16-11-8-14-27-16/h5-11,14,18,25H,3-4,12-13H2,1-2H3. The third-order valence-electron chi connectivity index (χ3n) is 4.96. The number of rotatable bonds is 8. The highest BCUT2D eigenvalue weighted by atomic mass is 32.1. The Kier molecular flexibility index (Phi) is 6.08. The molecule has 142 valence electrons. The molecule has 0 saturated heterocycles. The van der Waals surface area contributed by atoms with E-state index in [1.165, 1.54) is 11.3 Å². The van der Waals surface area contributed by atoms with E-state index in [2.05, 4.69) is 18.7 Å². The SMILES string of the molecule is CCN(CC)CCN1C(=O)C(O)=C(C(=O)c2cccs2)C1c1ccccc1. The minimum atomic E-state index is -0.566. The molecule has 6 heteroatoms. The van der Waals surface area contributed by atoms with Crippen LogP contribution in [0.1, 0.15) is 35.1 Å². The Labute approximate surface area is 163 Å². The molecule has 1 aromatic heterocycles. The lowest BCUT2D eigenvalue weighted by molar-refractivity contribution is -0.129. The van der Waals surface area contributed by atoms with Crippen LogP contribution in [-0.2, 0) is 4.79 Å². The van der Waals surface area contributed by atoms with Crippen molar-refractivity contribution in [3.8, 4) is 0 Å². The summed E-state index contributed by atoms with van der Waals surface area (Å²) in [5.74, 6) is -1.19. The van der Waals surface area contributed by atoms with Gasteiger partial charge in [-0.25, -0.2) is 0 Å². The first-order chi connectivity index (χ1) is 13.1. The van der Waals surface area contributed by atoms with Crippen LogP contribution in [0.4, 0.5) is 0 Å². The van der Waals surface area contributed by atoms with Gasteiger partial charge in [-0.05, 0) is 30.1 Å². The van der Waals surface area contributed by atoms with Crippen molar-refractivity contribution in [1.82, 2.24) is 9.80 Å². The second kappa shape index (κ2) is 8.50. The van der Waals surface area contributed by atoms with E-state index in [0.29, 0.717) is 18.0 Å². The third-order valence-corrected chi connectivity index (χ3v) is 5.83. The van der Waals surface area contributed by atoms with Crippen molar-refractivity contribution >= 4 is 23.0 Å². The maximum absolute atomic E-state index is 13.0. The maximum Gasteiger partial charge on any atom is 0.290 e. The van der Waals surface area contributed by atoms with Gasteiger partial charge in [-0.3, -0.25) is 9.59 Å². The molecule has 1 N–H and O–H groups in total. The fourth-order valence-electron chi connectivity index (χ4n) is 3.43. The van der Waals surface area contributed by atoms with Crippen molar-refractivity contribution < 1.29 is 14.7 Å². The number of likely N-dealkylation sites (N-methyl/N-ethyl adjacent to an activating group) is 1. The normalized spacial score (nSPS) is 17.2. The predicted molar refractivity (Wildman–Crippen MR) is 107 cm³/mol. The highest BCUT2D eigenvalue weighted by molar-refractivity contribution is 7.12. The smallest absolute Gasteiger partial charge is 0.290 e. The minimum absolute atomic E-state index is 0.174. The first kappa shape index (κ1) is 19.3. The Morgan fingerprint density at radius 1 is 1.15 bits per heavy atom. The summed E-state index contributed by atoms with van der Waals surface area (Å²) in [5.41, 5.74) is 1.00. The summed E-state index contributed by atoms with van der Waals surface area (Å²) in [6, 6.07) is 12.4.